The average molecular weight is 262 g/mol. The van der Waals surface area contributed by atoms with E-state index in [9.17, 15) is 9.59 Å². The molecule has 0 aliphatic heterocycles. The standard InChI is InChI=1S/C13H14N2O4/c1-4-19-13(17)10-5-9-6-12(18-3)14-7-11(9)15(10)8(2)16/h5-7H,4H2,1-3H3. The van der Waals surface area contributed by atoms with Gasteiger partial charge in [0.2, 0.25) is 11.8 Å². The summed E-state index contributed by atoms with van der Waals surface area (Å²) in [5.74, 6) is -0.388. The lowest BCUT2D eigenvalue weighted by molar-refractivity contribution is 0.0510. The zero-order chi connectivity index (χ0) is 14.0. The number of hydrogen-bond donors (Lipinski definition) is 0. The molecule has 0 aromatic carbocycles. The zero-order valence-corrected chi connectivity index (χ0v) is 11.0. The highest BCUT2D eigenvalue weighted by Crippen LogP contribution is 2.23. The van der Waals surface area contributed by atoms with Gasteiger partial charge in [0, 0.05) is 18.4 Å². The molecule has 0 saturated carbocycles. The van der Waals surface area contributed by atoms with Crippen LogP contribution in [0.2, 0.25) is 0 Å². The molecule has 2 heterocycles. The number of ether oxygens (including phenoxy) is 2. The molecule has 0 N–H and O–H groups in total. The minimum absolute atomic E-state index is 0.194. The average Bonchev–Trinajstić information content (AvgIpc) is 2.77. The van der Waals surface area contributed by atoms with E-state index in [-0.39, 0.29) is 18.2 Å². The van der Waals surface area contributed by atoms with Crippen LogP contribution < -0.4 is 4.74 Å². The van der Waals surface area contributed by atoms with Crippen LogP contribution in [0.15, 0.2) is 18.3 Å². The maximum absolute atomic E-state index is 11.8. The van der Waals surface area contributed by atoms with E-state index in [0.717, 1.165) is 0 Å². The Morgan fingerprint density at radius 1 is 1.37 bits per heavy atom. The number of carbonyl (C=O) groups excluding carboxylic acids is 2. The molecule has 100 valence electrons. The summed E-state index contributed by atoms with van der Waals surface area (Å²) in [7, 11) is 1.50. The van der Waals surface area contributed by atoms with Crippen LogP contribution in [0, 0.1) is 0 Å². The van der Waals surface area contributed by atoms with Gasteiger partial charge in [-0.05, 0) is 13.0 Å². The largest absolute Gasteiger partial charge is 0.481 e. The summed E-state index contributed by atoms with van der Waals surface area (Å²) in [6.07, 6.45) is 1.50. The molecule has 0 aliphatic rings. The van der Waals surface area contributed by atoms with Crippen LogP contribution in [-0.2, 0) is 4.74 Å². The van der Waals surface area contributed by atoms with E-state index in [1.807, 2.05) is 0 Å². The molecule has 19 heavy (non-hydrogen) atoms. The number of nitrogens with zero attached hydrogens (tertiary/aromatic N) is 2. The molecular weight excluding hydrogens is 248 g/mol. The minimum Gasteiger partial charge on any atom is -0.481 e. The molecule has 0 saturated heterocycles. The van der Waals surface area contributed by atoms with Crippen molar-refractivity contribution in [3.05, 3.63) is 24.0 Å². The lowest BCUT2D eigenvalue weighted by atomic mass is 10.3. The molecule has 0 amide bonds. The van der Waals surface area contributed by atoms with Crippen LogP contribution in [0.3, 0.4) is 0 Å². The summed E-state index contributed by atoms with van der Waals surface area (Å²) >= 11 is 0. The van der Waals surface area contributed by atoms with E-state index in [1.54, 1.807) is 19.1 Å². The second-order valence-electron chi connectivity index (χ2n) is 3.89. The van der Waals surface area contributed by atoms with Crippen molar-refractivity contribution in [1.29, 1.82) is 0 Å². The molecule has 6 nitrogen and oxygen atoms in total. The van der Waals surface area contributed by atoms with Gasteiger partial charge in [0.25, 0.3) is 0 Å². The molecule has 0 aliphatic carbocycles. The SMILES string of the molecule is CCOC(=O)c1cc2cc(OC)ncc2n1C(C)=O. The molecule has 2 aromatic heterocycles. The van der Waals surface area contributed by atoms with Crippen LogP contribution >= 0.6 is 0 Å². The Bertz CT molecular complexity index is 645. The molecule has 0 bridgehead atoms. The number of carbonyl (C=O) groups is 2. The number of aromatic nitrogens is 2. The number of pyridine rings is 1. The van der Waals surface area contributed by atoms with Gasteiger partial charge in [0.1, 0.15) is 5.69 Å². The van der Waals surface area contributed by atoms with Crippen molar-refractivity contribution >= 4 is 22.8 Å². The van der Waals surface area contributed by atoms with Crippen molar-refractivity contribution in [2.45, 2.75) is 13.8 Å². The Balaban J connectivity index is 2.65. The highest BCUT2D eigenvalue weighted by atomic mass is 16.5. The van der Waals surface area contributed by atoms with Crippen LogP contribution in [0.5, 0.6) is 5.88 Å². The first-order valence-corrected chi connectivity index (χ1v) is 5.82. The first kappa shape index (κ1) is 13.1. The van der Waals surface area contributed by atoms with Gasteiger partial charge in [-0.15, -0.1) is 0 Å². The molecule has 0 radical (unpaired) electrons. The predicted octanol–water partition coefficient (Wildman–Crippen LogP) is 1.88. The molecular formula is C13H14N2O4. The fourth-order valence-corrected chi connectivity index (χ4v) is 1.89. The molecule has 2 aromatic rings. The summed E-state index contributed by atoms with van der Waals surface area (Å²) in [5, 5.41) is 0.699. The lowest BCUT2D eigenvalue weighted by Crippen LogP contribution is -2.16. The van der Waals surface area contributed by atoms with Crippen LogP contribution in [-0.4, -0.2) is 35.1 Å². The number of hydrogen-bond acceptors (Lipinski definition) is 5. The number of methoxy groups -OCH3 is 1. The third-order valence-corrected chi connectivity index (χ3v) is 2.67. The monoisotopic (exact) mass is 262 g/mol. The summed E-state index contributed by atoms with van der Waals surface area (Å²) in [6, 6.07) is 3.26. The zero-order valence-electron chi connectivity index (χ0n) is 11.0. The Hall–Kier alpha value is -2.37. The third-order valence-electron chi connectivity index (χ3n) is 2.67. The normalized spacial score (nSPS) is 10.5. The fraction of sp³-hybridized carbons (Fsp3) is 0.308. The Labute approximate surface area is 109 Å². The second kappa shape index (κ2) is 5.09. The van der Waals surface area contributed by atoms with E-state index in [2.05, 4.69) is 4.98 Å². The van der Waals surface area contributed by atoms with Crippen molar-refractivity contribution in [2.75, 3.05) is 13.7 Å². The lowest BCUT2D eigenvalue weighted by Gasteiger charge is -2.05. The van der Waals surface area contributed by atoms with Gasteiger partial charge < -0.3 is 9.47 Å². The Kier molecular flexibility index (Phi) is 3.50. The van der Waals surface area contributed by atoms with Crippen molar-refractivity contribution < 1.29 is 19.1 Å². The fourth-order valence-electron chi connectivity index (χ4n) is 1.89. The first-order chi connectivity index (χ1) is 9.08. The number of rotatable bonds is 3. The molecule has 0 fully saturated rings. The van der Waals surface area contributed by atoms with E-state index in [0.29, 0.717) is 16.8 Å². The molecule has 6 heteroatoms. The number of fused-ring (bicyclic) bond motifs is 1. The summed E-state index contributed by atoms with van der Waals surface area (Å²) < 4.78 is 11.3. The highest BCUT2D eigenvalue weighted by molar-refractivity contribution is 6.02. The maximum Gasteiger partial charge on any atom is 0.355 e. The van der Waals surface area contributed by atoms with Gasteiger partial charge >= 0.3 is 5.97 Å². The smallest absolute Gasteiger partial charge is 0.355 e. The van der Waals surface area contributed by atoms with Gasteiger partial charge in [-0.25, -0.2) is 9.78 Å². The second-order valence-corrected chi connectivity index (χ2v) is 3.89. The Morgan fingerprint density at radius 3 is 2.68 bits per heavy atom. The Morgan fingerprint density at radius 2 is 2.11 bits per heavy atom. The van der Waals surface area contributed by atoms with Crippen molar-refractivity contribution in [1.82, 2.24) is 9.55 Å². The van der Waals surface area contributed by atoms with E-state index >= 15 is 0 Å². The van der Waals surface area contributed by atoms with Crippen molar-refractivity contribution in [3.8, 4) is 5.88 Å². The van der Waals surface area contributed by atoms with Crippen molar-refractivity contribution in [3.63, 3.8) is 0 Å². The van der Waals surface area contributed by atoms with Crippen LogP contribution in [0.25, 0.3) is 10.9 Å². The topological polar surface area (TPSA) is 70.4 Å². The van der Waals surface area contributed by atoms with E-state index in [1.165, 1.54) is 24.8 Å². The maximum atomic E-state index is 11.8. The third kappa shape index (κ3) is 2.29. The predicted molar refractivity (Wildman–Crippen MR) is 68.5 cm³/mol. The van der Waals surface area contributed by atoms with E-state index in [4.69, 9.17) is 9.47 Å². The first-order valence-electron chi connectivity index (χ1n) is 5.82. The van der Waals surface area contributed by atoms with Gasteiger partial charge in [-0.3, -0.25) is 9.36 Å². The molecule has 0 spiro atoms. The van der Waals surface area contributed by atoms with Gasteiger partial charge in [0.05, 0.1) is 25.4 Å². The van der Waals surface area contributed by atoms with Crippen LogP contribution in [0.1, 0.15) is 29.1 Å². The summed E-state index contributed by atoms with van der Waals surface area (Å²) in [5.41, 5.74) is 0.746. The van der Waals surface area contributed by atoms with Crippen molar-refractivity contribution in [2.24, 2.45) is 0 Å². The van der Waals surface area contributed by atoms with Gasteiger partial charge in [0.15, 0.2) is 0 Å². The highest BCUT2D eigenvalue weighted by Gasteiger charge is 2.19. The van der Waals surface area contributed by atoms with Crippen LogP contribution in [0.4, 0.5) is 0 Å². The molecule has 2 rings (SSSR count). The number of esters is 1. The molecule has 0 unspecified atom stereocenters. The quantitative estimate of drug-likeness (QED) is 0.790. The summed E-state index contributed by atoms with van der Waals surface area (Å²) in [4.78, 5) is 27.6. The van der Waals surface area contributed by atoms with Gasteiger partial charge in [-0.1, -0.05) is 0 Å². The van der Waals surface area contributed by atoms with E-state index < -0.39 is 5.97 Å². The van der Waals surface area contributed by atoms with Gasteiger partial charge in [-0.2, -0.15) is 0 Å². The molecule has 0 atom stereocenters. The summed E-state index contributed by atoms with van der Waals surface area (Å²) in [6.45, 7) is 3.34. The minimum atomic E-state index is -0.534.